The van der Waals surface area contributed by atoms with Gasteiger partial charge in [-0.2, -0.15) is 0 Å². The van der Waals surface area contributed by atoms with Crippen molar-refractivity contribution in [3.63, 3.8) is 0 Å². The van der Waals surface area contributed by atoms with Crippen molar-refractivity contribution >= 4 is 21.8 Å². The molecule has 0 bridgehead atoms. The second kappa shape index (κ2) is 5.31. The van der Waals surface area contributed by atoms with Crippen molar-refractivity contribution in [3.8, 4) is 0 Å². The Morgan fingerprint density at radius 1 is 1.47 bits per heavy atom. The Morgan fingerprint density at radius 3 is 2.73 bits per heavy atom. The average Bonchev–Trinajstić information content (AvgIpc) is 2.18. The standard InChI is InChI=1S/C12H16BrNO/c1-8-4-5-9(2)11(6-8)12(15)14-7-10(3)13/h4-6,10H,7H2,1-3H3,(H,14,15). The highest BCUT2D eigenvalue weighted by Gasteiger charge is 2.09. The molecule has 3 heteroatoms. The van der Waals surface area contributed by atoms with Gasteiger partial charge in [-0.3, -0.25) is 4.79 Å². The molecule has 0 heterocycles. The summed E-state index contributed by atoms with van der Waals surface area (Å²) >= 11 is 3.39. The highest BCUT2D eigenvalue weighted by molar-refractivity contribution is 9.09. The van der Waals surface area contributed by atoms with Crippen LogP contribution in [0.25, 0.3) is 0 Å². The van der Waals surface area contributed by atoms with Crippen LogP contribution in [0.4, 0.5) is 0 Å². The third kappa shape index (κ3) is 3.67. The summed E-state index contributed by atoms with van der Waals surface area (Å²) < 4.78 is 0. The molecule has 1 unspecified atom stereocenters. The molecule has 1 amide bonds. The highest BCUT2D eigenvalue weighted by atomic mass is 79.9. The van der Waals surface area contributed by atoms with Crippen LogP contribution in [-0.2, 0) is 0 Å². The SMILES string of the molecule is Cc1ccc(C)c(C(=O)NCC(C)Br)c1. The van der Waals surface area contributed by atoms with Gasteiger partial charge in [0, 0.05) is 16.9 Å². The number of rotatable bonds is 3. The van der Waals surface area contributed by atoms with Crippen LogP contribution >= 0.6 is 15.9 Å². The van der Waals surface area contributed by atoms with E-state index in [2.05, 4.69) is 21.2 Å². The van der Waals surface area contributed by atoms with Crippen LogP contribution in [0, 0.1) is 13.8 Å². The quantitative estimate of drug-likeness (QED) is 0.841. The fourth-order valence-electron chi connectivity index (χ4n) is 1.31. The second-order valence-electron chi connectivity index (χ2n) is 3.81. The summed E-state index contributed by atoms with van der Waals surface area (Å²) in [5.74, 6) is 0.00231. The molecule has 0 aliphatic carbocycles. The zero-order valence-corrected chi connectivity index (χ0v) is 10.9. The molecule has 1 aromatic rings. The van der Waals surface area contributed by atoms with Crippen LogP contribution in [0.1, 0.15) is 28.4 Å². The van der Waals surface area contributed by atoms with E-state index >= 15 is 0 Å². The summed E-state index contributed by atoms with van der Waals surface area (Å²) in [5.41, 5.74) is 2.89. The van der Waals surface area contributed by atoms with Crippen LogP contribution in [0.3, 0.4) is 0 Å². The largest absolute Gasteiger partial charge is 0.351 e. The number of aryl methyl sites for hydroxylation is 2. The van der Waals surface area contributed by atoms with Crippen molar-refractivity contribution in [2.75, 3.05) is 6.54 Å². The monoisotopic (exact) mass is 269 g/mol. The number of carbonyl (C=O) groups excluding carboxylic acids is 1. The number of hydrogen-bond acceptors (Lipinski definition) is 1. The first-order valence-electron chi connectivity index (χ1n) is 5.00. The summed E-state index contributed by atoms with van der Waals surface area (Å²) in [4.78, 5) is 12.1. The van der Waals surface area contributed by atoms with Crippen LogP contribution in [-0.4, -0.2) is 17.3 Å². The lowest BCUT2D eigenvalue weighted by atomic mass is 10.1. The summed E-state index contributed by atoms with van der Waals surface area (Å²) in [6.45, 7) is 6.59. The zero-order chi connectivity index (χ0) is 11.4. The molecule has 0 aromatic heterocycles. The molecule has 2 nitrogen and oxygen atoms in total. The smallest absolute Gasteiger partial charge is 0.251 e. The minimum Gasteiger partial charge on any atom is -0.351 e. The molecule has 0 saturated heterocycles. The lowest BCUT2D eigenvalue weighted by molar-refractivity contribution is 0.0953. The predicted molar refractivity (Wildman–Crippen MR) is 66.6 cm³/mol. The molecule has 1 aromatic carbocycles. The van der Waals surface area contributed by atoms with Gasteiger partial charge in [-0.15, -0.1) is 0 Å². The highest BCUT2D eigenvalue weighted by Crippen LogP contribution is 2.10. The predicted octanol–water partition coefficient (Wildman–Crippen LogP) is 2.82. The van der Waals surface area contributed by atoms with E-state index in [4.69, 9.17) is 0 Å². The Balaban J connectivity index is 2.77. The third-order valence-corrected chi connectivity index (χ3v) is 2.51. The zero-order valence-electron chi connectivity index (χ0n) is 9.30. The van der Waals surface area contributed by atoms with Gasteiger partial charge >= 0.3 is 0 Å². The fraction of sp³-hybridized carbons (Fsp3) is 0.417. The number of nitrogens with one attached hydrogen (secondary N) is 1. The molecule has 0 fully saturated rings. The minimum absolute atomic E-state index is 0.00231. The van der Waals surface area contributed by atoms with Crippen molar-refractivity contribution in [3.05, 3.63) is 34.9 Å². The summed E-state index contributed by atoms with van der Waals surface area (Å²) in [6.07, 6.45) is 0. The molecule has 0 radical (unpaired) electrons. The van der Waals surface area contributed by atoms with E-state index in [1.807, 2.05) is 39.0 Å². The van der Waals surface area contributed by atoms with Crippen LogP contribution in [0.2, 0.25) is 0 Å². The van der Waals surface area contributed by atoms with Crippen LogP contribution in [0.5, 0.6) is 0 Å². The molecular weight excluding hydrogens is 254 g/mol. The molecule has 1 atom stereocenters. The number of hydrogen-bond donors (Lipinski definition) is 1. The lowest BCUT2D eigenvalue weighted by Gasteiger charge is -2.09. The molecular formula is C12H16BrNO. The lowest BCUT2D eigenvalue weighted by Crippen LogP contribution is -2.28. The van der Waals surface area contributed by atoms with Crippen LogP contribution in [0.15, 0.2) is 18.2 Å². The van der Waals surface area contributed by atoms with Gasteiger partial charge in [-0.25, -0.2) is 0 Å². The van der Waals surface area contributed by atoms with Gasteiger partial charge in [0.05, 0.1) is 0 Å². The van der Waals surface area contributed by atoms with E-state index in [9.17, 15) is 4.79 Å². The molecule has 0 aliphatic rings. The maximum absolute atomic E-state index is 11.8. The first-order chi connectivity index (χ1) is 7.00. The van der Waals surface area contributed by atoms with E-state index in [1.165, 1.54) is 0 Å². The van der Waals surface area contributed by atoms with Gasteiger partial charge in [-0.1, -0.05) is 40.5 Å². The van der Waals surface area contributed by atoms with Crippen molar-refractivity contribution in [1.82, 2.24) is 5.32 Å². The summed E-state index contributed by atoms with van der Waals surface area (Å²) in [6, 6.07) is 5.91. The van der Waals surface area contributed by atoms with Gasteiger partial charge in [0.15, 0.2) is 0 Å². The number of halogens is 1. The normalized spacial score (nSPS) is 12.3. The summed E-state index contributed by atoms with van der Waals surface area (Å²) in [5, 5.41) is 2.88. The topological polar surface area (TPSA) is 29.1 Å². The second-order valence-corrected chi connectivity index (χ2v) is 5.37. The van der Waals surface area contributed by atoms with Gasteiger partial charge in [0.1, 0.15) is 0 Å². The maximum Gasteiger partial charge on any atom is 0.251 e. The van der Waals surface area contributed by atoms with Gasteiger partial charge in [-0.05, 0) is 25.5 Å². The van der Waals surface area contributed by atoms with Crippen molar-refractivity contribution in [1.29, 1.82) is 0 Å². The Morgan fingerprint density at radius 2 is 2.13 bits per heavy atom. The van der Waals surface area contributed by atoms with E-state index < -0.39 is 0 Å². The fourth-order valence-corrected chi connectivity index (χ4v) is 1.47. The van der Waals surface area contributed by atoms with Gasteiger partial charge in [0.2, 0.25) is 0 Å². The number of carbonyl (C=O) groups is 1. The van der Waals surface area contributed by atoms with E-state index in [0.717, 1.165) is 16.7 Å². The maximum atomic E-state index is 11.8. The first-order valence-corrected chi connectivity index (χ1v) is 5.92. The molecule has 1 N–H and O–H groups in total. The first kappa shape index (κ1) is 12.2. The molecule has 15 heavy (non-hydrogen) atoms. The Labute approximate surface area is 99.2 Å². The van der Waals surface area contributed by atoms with Crippen molar-refractivity contribution < 1.29 is 4.79 Å². The Hall–Kier alpha value is -0.830. The Kier molecular flexibility index (Phi) is 4.33. The van der Waals surface area contributed by atoms with E-state index in [1.54, 1.807) is 0 Å². The molecule has 82 valence electrons. The van der Waals surface area contributed by atoms with E-state index in [0.29, 0.717) is 11.4 Å². The van der Waals surface area contributed by atoms with Gasteiger partial charge in [0.25, 0.3) is 5.91 Å². The molecule has 0 aliphatic heterocycles. The van der Waals surface area contributed by atoms with Crippen molar-refractivity contribution in [2.45, 2.75) is 25.6 Å². The number of alkyl halides is 1. The third-order valence-electron chi connectivity index (χ3n) is 2.18. The summed E-state index contributed by atoms with van der Waals surface area (Å²) in [7, 11) is 0. The van der Waals surface area contributed by atoms with E-state index in [-0.39, 0.29) is 5.91 Å². The number of amides is 1. The number of benzene rings is 1. The van der Waals surface area contributed by atoms with Gasteiger partial charge < -0.3 is 5.32 Å². The average molecular weight is 270 g/mol. The van der Waals surface area contributed by atoms with Crippen LogP contribution < -0.4 is 5.32 Å². The molecule has 0 spiro atoms. The van der Waals surface area contributed by atoms with Crippen molar-refractivity contribution in [2.24, 2.45) is 0 Å². The Bertz CT molecular complexity index is 361. The molecule has 0 saturated carbocycles. The molecule has 1 rings (SSSR count). The minimum atomic E-state index is 0.00231.